The Hall–Kier alpha value is -2.70. The molecule has 1 fully saturated rings. The molecule has 0 saturated carbocycles. The number of aryl methyl sites for hydroxylation is 2. The van der Waals surface area contributed by atoms with E-state index in [4.69, 9.17) is 4.74 Å². The van der Waals surface area contributed by atoms with Crippen LogP contribution in [0.5, 0.6) is 0 Å². The van der Waals surface area contributed by atoms with Gasteiger partial charge in [0, 0.05) is 37.2 Å². The highest BCUT2D eigenvalue weighted by molar-refractivity contribution is 6.05. The molecule has 1 unspecified atom stereocenters. The third-order valence-corrected chi connectivity index (χ3v) is 4.87. The first-order chi connectivity index (χ1) is 12.0. The summed E-state index contributed by atoms with van der Waals surface area (Å²) in [5.74, 6) is -0.728. The third kappa shape index (κ3) is 2.90. The molecule has 25 heavy (non-hydrogen) atoms. The van der Waals surface area contributed by atoms with Crippen LogP contribution in [0.3, 0.4) is 0 Å². The lowest BCUT2D eigenvalue weighted by Crippen LogP contribution is -2.32. The molecule has 1 aliphatic heterocycles. The molecule has 1 aliphatic rings. The van der Waals surface area contributed by atoms with Gasteiger partial charge in [-0.1, -0.05) is 0 Å². The molecular formula is C18H22N4O3. The van der Waals surface area contributed by atoms with Crippen molar-refractivity contribution in [3.63, 3.8) is 0 Å². The number of ether oxygens (including phenoxy) is 1. The number of carbonyl (C=O) groups excluding carboxylic acids is 2. The lowest BCUT2D eigenvalue weighted by atomic mass is 10.0. The largest absolute Gasteiger partial charge is 0.465 e. The summed E-state index contributed by atoms with van der Waals surface area (Å²) in [7, 11) is 3.20. The van der Waals surface area contributed by atoms with Gasteiger partial charge in [0.05, 0.1) is 30.0 Å². The van der Waals surface area contributed by atoms with Gasteiger partial charge in [-0.15, -0.1) is 0 Å². The predicted octanol–water partition coefficient (Wildman–Crippen LogP) is 2.20. The van der Waals surface area contributed by atoms with Crippen molar-refractivity contribution in [2.45, 2.75) is 32.7 Å². The summed E-state index contributed by atoms with van der Waals surface area (Å²) in [6.07, 6.45) is 4.70. The van der Waals surface area contributed by atoms with Crippen LogP contribution < -0.4 is 0 Å². The third-order valence-electron chi connectivity index (χ3n) is 4.87. The van der Waals surface area contributed by atoms with Crippen LogP contribution >= 0.6 is 0 Å². The number of pyridine rings is 1. The summed E-state index contributed by atoms with van der Waals surface area (Å²) in [4.78, 5) is 30.9. The Morgan fingerprint density at radius 3 is 2.68 bits per heavy atom. The average Bonchev–Trinajstić information content (AvgIpc) is 3.18. The van der Waals surface area contributed by atoms with Gasteiger partial charge in [-0.25, -0.2) is 4.79 Å². The van der Waals surface area contributed by atoms with E-state index in [1.165, 1.54) is 19.5 Å². The lowest BCUT2D eigenvalue weighted by Gasteiger charge is -2.26. The van der Waals surface area contributed by atoms with E-state index in [1.807, 2.05) is 30.5 Å². The van der Waals surface area contributed by atoms with Crippen LogP contribution in [0.2, 0.25) is 0 Å². The molecule has 0 radical (unpaired) electrons. The molecule has 0 spiro atoms. The monoisotopic (exact) mass is 342 g/mol. The van der Waals surface area contributed by atoms with Gasteiger partial charge in [0.1, 0.15) is 0 Å². The van der Waals surface area contributed by atoms with Gasteiger partial charge in [0.25, 0.3) is 5.91 Å². The number of likely N-dealkylation sites (tertiary alicyclic amines) is 1. The van der Waals surface area contributed by atoms with E-state index in [-0.39, 0.29) is 17.5 Å². The Labute approximate surface area is 146 Å². The van der Waals surface area contributed by atoms with Crippen LogP contribution in [0.1, 0.15) is 56.6 Å². The van der Waals surface area contributed by atoms with E-state index >= 15 is 0 Å². The van der Waals surface area contributed by atoms with Crippen molar-refractivity contribution >= 4 is 11.9 Å². The Kier molecular flexibility index (Phi) is 4.57. The van der Waals surface area contributed by atoms with E-state index in [1.54, 1.807) is 6.07 Å². The lowest BCUT2D eigenvalue weighted by molar-refractivity contribution is 0.0587. The number of aromatic nitrogens is 3. The molecule has 2 aromatic rings. The molecule has 0 bridgehead atoms. The molecule has 0 aromatic carbocycles. The first-order valence-corrected chi connectivity index (χ1v) is 8.29. The zero-order valence-electron chi connectivity index (χ0n) is 14.9. The molecule has 7 heteroatoms. The van der Waals surface area contributed by atoms with Crippen molar-refractivity contribution in [2.75, 3.05) is 13.7 Å². The van der Waals surface area contributed by atoms with E-state index in [2.05, 4.69) is 10.1 Å². The fourth-order valence-corrected chi connectivity index (χ4v) is 3.59. The minimum Gasteiger partial charge on any atom is -0.465 e. The van der Waals surface area contributed by atoms with Crippen molar-refractivity contribution in [2.24, 2.45) is 7.05 Å². The first kappa shape index (κ1) is 17.1. The van der Waals surface area contributed by atoms with Gasteiger partial charge in [-0.3, -0.25) is 14.5 Å². The van der Waals surface area contributed by atoms with Crippen LogP contribution in [-0.4, -0.2) is 45.2 Å². The second-order valence-corrected chi connectivity index (χ2v) is 6.28. The van der Waals surface area contributed by atoms with Crippen molar-refractivity contribution < 1.29 is 14.3 Å². The maximum atomic E-state index is 13.2. The van der Waals surface area contributed by atoms with Crippen molar-refractivity contribution in [3.05, 3.63) is 46.5 Å². The van der Waals surface area contributed by atoms with Crippen LogP contribution in [-0.2, 0) is 11.8 Å². The highest BCUT2D eigenvalue weighted by atomic mass is 16.5. The number of hydrogen-bond donors (Lipinski definition) is 0. The maximum Gasteiger partial charge on any atom is 0.340 e. The molecule has 0 N–H and O–H groups in total. The number of methoxy groups -OCH3 is 1. The number of nitrogens with zero attached hydrogens (tertiary/aromatic N) is 4. The highest BCUT2D eigenvalue weighted by Crippen LogP contribution is 2.36. The van der Waals surface area contributed by atoms with E-state index in [0.717, 1.165) is 29.8 Å². The molecule has 132 valence electrons. The first-order valence-electron chi connectivity index (χ1n) is 8.29. The molecule has 1 saturated heterocycles. The topological polar surface area (TPSA) is 77.3 Å². The quantitative estimate of drug-likeness (QED) is 0.799. The smallest absolute Gasteiger partial charge is 0.340 e. The van der Waals surface area contributed by atoms with Gasteiger partial charge in [0.15, 0.2) is 0 Å². The number of hydrogen-bond acceptors (Lipinski definition) is 5. The van der Waals surface area contributed by atoms with Crippen LogP contribution in [0.25, 0.3) is 0 Å². The maximum absolute atomic E-state index is 13.2. The molecule has 3 rings (SSSR count). The minimum atomic E-state index is -0.555. The zero-order valence-corrected chi connectivity index (χ0v) is 14.9. The Morgan fingerprint density at radius 2 is 2.04 bits per heavy atom. The molecule has 0 aliphatic carbocycles. The van der Waals surface area contributed by atoms with Gasteiger partial charge in [0.2, 0.25) is 0 Å². The summed E-state index contributed by atoms with van der Waals surface area (Å²) < 4.78 is 6.62. The molecule has 1 amide bonds. The normalized spacial score (nSPS) is 17.0. The fraction of sp³-hybridized carbons (Fsp3) is 0.444. The predicted molar refractivity (Wildman–Crippen MR) is 91.3 cm³/mol. The summed E-state index contributed by atoms with van der Waals surface area (Å²) >= 11 is 0. The van der Waals surface area contributed by atoms with Gasteiger partial charge in [-0.2, -0.15) is 5.10 Å². The highest BCUT2D eigenvalue weighted by Gasteiger charge is 2.35. The number of rotatable bonds is 3. The summed E-state index contributed by atoms with van der Waals surface area (Å²) in [6.45, 7) is 4.64. The van der Waals surface area contributed by atoms with Gasteiger partial charge < -0.3 is 9.64 Å². The molecule has 2 aromatic heterocycles. The second-order valence-electron chi connectivity index (χ2n) is 6.28. The van der Waals surface area contributed by atoms with Crippen LogP contribution in [0.4, 0.5) is 0 Å². The SMILES string of the molecule is COC(=O)c1cnccc1C(=O)N1CCCC1c1c(C)nn(C)c1C. The zero-order chi connectivity index (χ0) is 18.1. The average molecular weight is 342 g/mol. The number of carbonyl (C=O) groups is 2. The van der Waals surface area contributed by atoms with E-state index in [9.17, 15) is 9.59 Å². The summed E-state index contributed by atoms with van der Waals surface area (Å²) in [5.41, 5.74) is 3.62. The standard InChI is InChI=1S/C18H22N4O3/c1-11-16(12(2)21(3)20-11)15-6-5-9-22(15)17(23)13-7-8-19-10-14(13)18(24)25-4/h7-8,10,15H,5-6,9H2,1-4H3. The molecular weight excluding hydrogens is 320 g/mol. The Bertz CT molecular complexity index is 828. The fourth-order valence-electron chi connectivity index (χ4n) is 3.59. The minimum absolute atomic E-state index is 0.0279. The van der Waals surface area contributed by atoms with Gasteiger partial charge >= 0.3 is 5.97 Å². The Balaban J connectivity index is 1.99. The second kappa shape index (κ2) is 6.66. The van der Waals surface area contributed by atoms with Crippen LogP contribution in [0.15, 0.2) is 18.5 Å². The van der Waals surface area contributed by atoms with Gasteiger partial charge in [-0.05, 0) is 32.8 Å². The van der Waals surface area contributed by atoms with Crippen molar-refractivity contribution in [1.29, 1.82) is 0 Å². The summed E-state index contributed by atoms with van der Waals surface area (Å²) in [6, 6.07) is 1.55. The number of amides is 1. The number of esters is 1. The van der Waals surface area contributed by atoms with Crippen molar-refractivity contribution in [3.8, 4) is 0 Å². The molecule has 1 atom stereocenters. The van der Waals surface area contributed by atoms with E-state index in [0.29, 0.717) is 12.1 Å². The van der Waals surface area contributed by atoms with E-state index < -0.39 is 5.97 Å². The molecule has 3 heterocycles. The van der Waals surface area contributed by atoms with Crippen molar-refractivity contribution in [1.82, 2.24) is 19.7 Å². The summed E-state index contributed by atoms with van der Waals surface area (Å²) in [5, 5.41) is 4.48. The Morgan fingerprint density at radius 1 is 1.28 bits per heavy atom. The molecule has 7 nitrogen and oxygen atoms in total. The van der Waals surface area contributed by atoms with Crippen LogP contribution in [0, 0.1) is 13.8 Å².